The fourth-order valence-corrected chi connectivity index (χ4v) is 2.44. The monoisotopic (exact) mass is 318 g/mol. The van der Waals surface area contributed by atoms with E-state index in [1.807, 2.05) is 0 Å². The quantitative estimate of drug-likeness (QED) is 0.860. The van der Waals surface area contributed by atoms with Gasteiger partial charge in [0.15, 0.2) is 6.10 Å². The van der Waals surface area contributed by atoms with Crippen LogP contribution in [0.5, 0.6) is 11.5 Å². The molecule has 0 radical (unpaired) electrons. The van der Waals surface area contributed by atoms with E-state index in [1.165, 1.54) is 21.3 Å². The minimum atomic E-state index is -1.40. The van der Waals surface area contributed by atoms with Crippen LogP contribution in [0.3, 0.4) is 0 Å². The number of carbonyl (C=O) groups is 1. The highest BCUT2D eigenvalue weighted by Crippen LogP contribution is 2.40. The van der Waals surface area contributed by atoms with Crippen LogP contribution in [0, 0.1) is 6.92 Å². The summed E-state index contributed by atoms with van der Waals surface area (Å²) in [4.78, 5) is 11.4. The second-order valence-corrected chi connectivity index (χ2v) is 4.42. The maximum absolute atomic E-state index is 11.4. The van der Waals surface area contributed by atoms with Crippen LogP contribution in [0.1, 0.15) is 17.2 Å². The minimum Gasteiger partial charge on any atom is -0.496 e. The molecule has 1 unspecified atom stereocenters. The summed E-state index contributed by atoms with van der Waals surface area (Å²) in [6, 6.07) is 1.58. The maximum Gasteiger partial charge on any atom is 0.339 e. The highest BCUT2D eigenvalue weighted by Gasteiger charge is 2.25. The summed E-state index contributed by atoms with van der Waals surface area (Å²) in [6.07, 6.45) is -1.40. The topological polar surface area (TPSA) is 65.0 Å². The van der Waals surface area contributed by atoms with Crippen LogP contribution >= 0.6 is 15.9 Å². The lowest BCUT2D eigenvalue weighted by atomic mass is 10.0. The lowest BCUT2D eigenvalue weighted by Gasteiger charge is -2.18. The van der Waals surface area contributed by atoms with Crippen molar-refractivity contribution < 1.29 is 24.1 Å². The molecule has 0 saturated heterocycles. The number of ether oxygens (including phenoxy) is 3. The summed E-state index contributed by atoms with van der Waals surface area (Å²) < 4.78 is 15.6. The molecule has 0 aromatic heterocycles. The molecule has 1 rings (SSSR count). The molecule has 0 aliphatic rings. The lowest BCUT2D eigenvalue weighted by Crippen LogP contribution is -2.15. The number of esters is 1. The Morgan fingerprint density at radius 2 is 1.83 bits per heavy atom. The molecule has 0 aliphatic heterocycles. The van der Waals surface area contributed by atoms with Crippen molar-refractivity contribution in [2.75, 3.05) is 21.3 Å². The zero-order valence-corrected chi connectivity index (χ0v) is 12.2. The molecule has 0 spiro atoms. The summed E-state index contributed by atoms with van der Waals surface area (Å²) in [5.74, 6) is 0.241. The molecule has 1 atom stereocenters. The second-order valence-electron chi connectivity index (χ2n) is 3.56. The first-order valence-corrected chi connectivity index (χ1v) is 5.94. The SMILES string of the molecule is COC(=O)C(O)c1cc(Br)c(OC)c(C)c1OC. The predicted molar refractivity (Wildman–Crippen MR) is 69.0 cm³/mol. The molecule has 0 amide bonds. The van der Waals surface area contributed by atoms with Crippen molar-refractivity contribution in [3.63, 3.8) is 0 Å². The molecule has 0 fully saturated rings. The number of hydrogen-bond acceptors (Lipinski definition) is 5. The normalized spacial score (nSPS) is 11.9. The molecular weight excluding hydrogens is 304 g/mol. The maximum atomic E-state index is 11.4. The molecule has 6 heteroatoms. The largest absolute Gasteiger partial charge is 0.496 e. The second kappa shape index (κ2) is 6.06. The molecule has 1 N–H and O–H groups in total. The van der Waals surface area contributed by atoms with Crippen LogP contribution in [-0.2, 0) is 9.53 Å². The van der Waals surface area contributed by atoms with Gasteiger partial charge in [-0.1, -0.05) is 0 Å². The van der Waals surface area contributed by atoms with Gasteiger partial charge in [0.25, 0.3) is 0 Å². The smallest absolute Gasteiger partial charge is 0.339 e. The van der Waals surface area contributed by atoms with Crippen LogP contribution in [0.2, 0.25) is 0 Å². The highest BCUT2D eigenvalue weighted by molar-refractivity contribution is 9.10. The number of halogens is 1. The average molecular weight is 319 g/mol. The molecule has 1 aromatic carbocycles. The van der Waals surface area contributed by atoms with Gasteiger partial charge in [0.05, 0.1) is 25.8 Å². The van der Waals surface area contributed by atoms with E-state index in [0.717, 1.165) is 0 Å². The number of rotatable bonds is 4. The third-order valence-electron chi connectivity index (χ3n) is 2.57. The molecule has 100 valence electrons. The van der Waals surface area contributed by atoms with Crippen molar-refractivity contribution in [2.45, 2.75) is 13.0 Å². The van der Waals surface area contributed by atoms with Gasteiger partial charge in [-0.15, -0.1) is 0 Å². The van der Waals surface area contributed by atoms with E-state index in [2.05, 4.69) is 20.7 Å². The zero-order chi connectivity index (χ0) is 13.9. The van der Waals surface area contributed by atoms with Crippen molar-refractivity contribution in [2.24, 2.45) is 0 Å². The molecule has 1 aromatic rings. The Morgan fingerprint density at radius 3 is 2.28 bits per heavy atom. The third kappa shape index (κ3) is 2.59. The van der Waals surface area contributed by atoms with Crippen LogP contribution in [0.4, 0.5) is 0 Å². The van der Waals surface area contributed by atoms with Gasteiger partial charge in [-0.25, -0.2) is 4.79 Å². The van der Waals surface area contributed by atoms with Gasteiger partial charge in [0, 0.05) is 11.1 Å². The molecule has 0 bridgehead atoms. The van der Waals surface area contributed by atoms with Gasteiger partial charge in [0.1, 0.15) is 11.5 Å². The minimum absolute atomic E-state index is 0.328. The molecule has 5 nitrogen and oxygen atoms in total. The first-order valence-electron chi connectivity index (χ1n) is 5.14. The standard InChI is InChI=1S/C12H15BrO5/c1-6-10(16-2)7(9(14)12(15)18-4)5-8(13)11(6)17-3/h5,9,14H,1-4H3. The summed E-state index contributed by atoms with van der Waals surface area (Å²) in [6.45, 7) is 1.77. The lowest BCUT2D eigenvalue weighted by molar-refractivity contribution is -0.150. The predicted octanol–water partition coefficient (Wildman–Crippen LogP) is 1.98. The van der Waals surface area contributed by atoms with E-state index >= 15 is 0 Å². The fraction of sp³-hybridized carbons (Fsp3) is 0.417. The van der Waals surface area contributed by atoms with Crippen molar-refractivity contribution in [1.29, 1.82) is 0 Å². The van der Waals surface area contributed by atoms with Crippen LogP contribution < -0.4 is 9.47 Å². The average Bonchev–Trinajstić information content (AvgIpc) is 2.36. The van der Waals surface area contributed by atoms with Gasteiger partial charge >= 0.3 is 5.97 Å². The van der Waals surface area contributed by atoms with Crippen molar-refractivity contribution in [3.05, 3.63) is 21.7 Å². The number of methoxy groups -OCH3 is 3. The van der Waals surface area contributed by atoms with E-state index in [9.17, 15) is 9.90 Å². The Hall–Kier alpha value is -1.27. The number of aliphatic hydroxyl groups is 1. The Kier molecular flexibility index (Phi) is 4.98. The first-order chi connectivity index (χ1) is 8.47. The Labute approximate surface area is 114 Å². The molecule has 0 aliphatic carbocycles. The number of benzene rings is 1. The van der Waals surface area contributed by atoms with Crippen molar-refractivity contribution in [3.8, 4) is 11.5 Å². The van der Waals surface area contributed by atoms with E-state index in [0.29, 0.717) is 27.1 Å². The van der Waals surface area contributed by atoms with Crippen LogP contribution in [0.25, 0.3) is 0 Å². The van der Waals surface area contributed by atoms with Crippen molar-refractivity contribution >= 4 is 21.9 Å². The summed E-state index contributed by atoms with van der Waals surface area (Å²) in [5, 5.41) is 9.90. The Morgan fingerprint density at radius 1 is 1.28 bits per heavy atom. The first kappa shape index (κ1) is 14.8. The Balaban J connectivity index is 3.41. The van der Waals surface area contributed by atoms with Gasteiger partial charge < -0.3 is 19.3 Å². The molecule has 0 saturated carbocycles. The van der Waals surface area contributed by atoms with Crippen molar-refractivity contribution in [1.82, 2.24) is 0 Å². The van der Waals surface area contributed by atoms with Gasteiger partial charge in [-0.05, 0) is 28.9 Å². The van der Waals surface area contributed by atoms with E-state index in [4.69, 9.17) is 9.47 Å². The summed E-state index contributed by atoms with van der Waals surface area (Å²) in [5.41, 5.74) is 1.02. The van der Waals surface area contributed by atoms with Crippen LogP contribution in [-0.4, -0.2) is 32.4 Å². The number of carbonyl (C=O) groups excluding carboxylic acids is 1. The zero-order valence-electron chi connectivity index (χ0n) is 10.6. The van der Waals surface area contributed by atoms with Crippen LogP contribution in [0.15, 0.2) is 10.5 Å². The van der Waals surface area contributed by atoms with E-state index < -0.39 is 12.1 Å². The summed E-state index contributed by atoms with van der Waals surface area (Å²) in [7, 11) is 4.20. The molecular formula is C12H15BrO5. The highest BCUT2D eigenvalue weighted by atomic mass is 79.9. The van der Waals surface area contributed by atoms with Gasteiger partial charge in [-0.3, -0.25) is 0 Å². The molecule has 0 heterocycles. The van der Waals surface area contributed by atoms with Gasteiger partial charge in [0.2, 0.25) is 0 Å². The van der Waals surface area contributed by atoms with Gasteiger partial charge in [-0.2, -0.15) is 0 Å². The fourth-order valence-electron chi connectivity index (χ4n) is 1.73. The third-order valence-corrected chi connectivity index (χ3v) is 3.16. The Bertz CT molecular complexity index is 458. The van der Waals surface area contributed by atoms with E-state index in [-0.39, 0.29) is 0 Å². The molecule has 18 heavy (non-hydrogen) atoms. The van der Waals surface area contributed by atoms with E-state index in [1.54, 1.807) is 13.0 Å². The summed E-state index contributed by atoms with van der Waals surface area (Å²) >= 11 is 3.32. The number of hydrogen-bond donors (Lipinski definition) is 1. The number of aliphatic hydroxyl groups excluding tert-OH is 1.